The predicted molar refractivity (Wildman–Crippen MR) is 78.2 cm³/mol. The van der Waals surface area contributed by atoms with E-state index in [0.717, 1.165) is 0 Å². The highest BCUT2D eigenvalue weighted by molar-refractivity contribution is 5.03. The minimum atomic E-state index is 0.353. The van der Waals surface area contributed by atoms with Crippen molar-refractivity contribution in [2.45, 2.75) is 87.5 Å². The molecule has 17 heavy (non-hydrogen) atoms. The standard InChI is InChI=1S/C17H34/c1-14(2,3)15(4,5)16(6,7)17(8)12-10-9-11-13-17/h9-13H2,1-8H3. The molecule has 102 valence electrons. The summed E-state index contributed by atoms with van der Waals surface area (Å²) in [4.78, 5) is 0. The van der Waals surface area contributed by atoms with Gasteiger partial charge in [-0.1, -0.05) is 74.7 Å². The van der Waals surface area contributed by atoms with E-state index in [9.17, 15) is 0 Å². The van der Waals surface area contributed by atoms with Gasteiger partial charge in [-0.25, -0.2) is 0 Å². The minimum absolute atomic E-state index is 0.353. The highest BCUT2D eigenvalue weighted by atomic mass is 14.6. The Kier molecular flexibility index (Phi) is 3.79. The Morgan fingerprint density at radius 1 is 0.706 bits per heavy atom. The third kappa shape index (κ3) is 2.29. The molecule has 0 atom stereocenters. The smallest absolute Gasteiger partial charge is 0.0244 e. The summed E-state index contributed by atoms with van der Waals surface area (Å²) in [5.74, 6) is 0. The van der Waals surface area contributed by atoms with Crippen LogP contribution in [0.4, 0.5) is 0 Å². The van der Waals surface area contributed by atoms with Gasteiger partial charge in [-0.3, -0.25) is 0 Å². The Morgan fingerprint density at radius 2 is 1.12 bits per heavy atom. The van der Waals surface area contributed by atoms with Crippen molar-refractivity contribution in [2.75, 3.05) is 0 Å². The molecule has 1 aliphatic carbocycles. The summed E-state index contributed by atoms with van der Waals surface area (Å²) < 4.78 is 0. The van der Waals surface area contributed by atoms with Gasteiger partial charge in [-0.15, -0.1) is 0 Å². The molecule has 1 rings (SSSR count). The quantitative estimate of drug-likeness (QED) is 0.549. The fraction of sp³-hybridized carbons (Fsp3) is 1.00. The molecule has 0 aliphatic heterocycles. The van der Waals surface area contributed by atoms with Crippen LogP contribution in [0, 0.1) is 21.7 Å². The summed E-state index contributed by atoms with van der Waals surface area (Å²) in [5.41, 5.74) is 1.61. The van der Waals surface area contributed by atoms with E-state index in [1.165, 1.54) is 32.1 Å². The SMILES string of the molecule is CC(C)(C)C(C)(C)C(C)(C)C1(C)CCCCC1. The number of rotatable bonds is 2. The van der Waals surface area contributed by atoms with Crippen LogP contribution < -0.4 is 0 Å². The topological polar surface area (TPSA) is 0 Å². The third-order valence-electron chi connectivity index (χ3n) is 6.90. The van der Waals surface area contributed by atoms with Crippen molar-refractivity contribution in [3.63, 3.8) is 0 Å². The van der Waals surface area contributed by atoms with Crippen molar-refractivity contribution >= 4 is 0 Å². The zero-order valence-electron chi connectivity index (χ0n) is 13.5. The largest absolute Gasteiger partial charge is 0.0596 e. The van der Waals surface area contributed by atoms with Crippen molar-refractivity contribution in [3.05, 3.63) is 0 Å². The second-order valence-corrected chi connectivity index (χ2v) is 8.62. The molecule has 0 aromatic rings. The zero-order valence-corrected chi connectivity index (χ0v) is 13.5. The van der Waals surface area contributed by atoms with Crippen molar-refractivity contribution in [1.29, 1.82) is 0 Å². The Bertz CT molecular complexity index is 256. The first kappa shape index (κ1) is 15.1. The van der Waals surface area contributed by atoms with E-state index in [2.05, 4.69) is 55.4 Å². The molecule has 0 radical (unpaired) electrons. The van der Waals surface area contributed by atoms with Crippen molar-refractivity contribution in [3.8, 4) is 0 Å². The maximum Gasteiger partial charge on any atom is -0.0244 e. The van der Waals surface area contributed by atoms with Gasteiger partial charge in [0.2, 0.25) is 0 Å². The molecule has 0 bridgehead atoms. The molecule has 0 heterocycles. The molecule has 1 saturated carbocycles. The average molecular weight is 238 g/mol. The van der Waals surface area contributed by atoms with E-state index >= 15 is 0 Å². The van der Waals surface area contributed by atoms with E-state index in [-0.39, 0.29) is 0 Å². The summed E-state index contributed by atoms with van der Waals surface area (Å²) in [7, 11) is 0. The lowest BCUT2D eigenvalue weighted by Gasteiger charge is -2.60. The van der Waals surface area contributed by atoms with Crippen LogP contribution in [0.25, 0.3) is 0 Å². The van der Waals surface area contributed by atoms with Gasteiger partial charge in [-0.05, 0) is 34.5 Å². The summed E-state index contributed by atoms with van der Waals surface area (Å²) in [6.07, 6.45) is 7.14. The lowest BCUT2D eigenvalue weighted by atomic mass is 9.45. The van der Waals surface area contributed by atoms with Crippen LogP contribution in [0.2, 0.25) is 0 Å². The van der Waals surface area contributed by atoms with Crippen molar-refractivity contribution in [1.82, 2.24) is 0 Å². The van der Waals surface area contributed by atoms with E-state index in [0.29, 0.717) is 21.7 Å². The highest BCUT2D eigenvalue weighted by Crippen LogP contribution is 2.62. The minimum Gasteiger partial charge on any atom is -0.0596 e. The molecule has 0 saturated heterocycles. The molecule has 1 fully saturated rings. The fourth-order valence-electron chi connectivity index (χ4n) is 3.65. The molecule has 0 nitrogen and oxygen atoms in total. The highest BCUT2D eigenvalue weighted by Gasteiger charge is 2.54. The van der Waals surface area contributed by atoms with Crippen LogP contribution in [0.1, 0.15) is 87.5 Å². The zero-order chi connectivity index (χ0) is 13.5. The van der Waals surface area contributed by atoms with Crippen molar-refractivity contribution < 1.29 is 0 Å². The van der Waals surface area contributed by atoms with Crippen molar-refractivity contribution in [2.24, 2.45) is 21.7 Å². The van der Waals surface area contributed by atoms with E-state index in [1.807, 2.05) is 0 Å². The van der Waals surface area contributed by atoms with Gasteiger partial charge in [0, 0.05) is 0 Å². The van der Waals surface area contributed by atoms with Gasteiger partial charge >= 0.3 is 0 Å². The summed E-state index contributed by atoms with van der Waals surface area (Å²) in [6, 6.07) is 0. The second-order valence-electron chi connectivity index (χ2n) is 8.62. The van der Waals surface area contributed by atoms with Gasteiger partial charge in [0.25, 0.3) is 0 Å². The molecular formula is C17H34. The molecule has 1 aliphatic rings. The van der Waals surface area contributed by atoms with Gasteiger partial charge < -0.3 is 0 Å². The normalized spacial score (nSPS) is 22.6. The maximum atomic E-state index is 2.54. The van der Waals surface area contributed by atoms with Crippen LogP contribution in [0.15, 0.2) is 0 Å². The molecule has 0 spiro atoms. The number of hydrogen-bond acceptors (Lipinski definition) is 0. The Labute approximate surface area is 110 Å². The van der Waals surface area contributed by atoms with Gasteiger partial charge in [0.1, 0.15) is 0 Å². The monoisotopic (exact) mass is 238 g/mol. The Hall–Kier alpha value is 0. The molecule has 0 aromatic carbocycles. The van der Waals surface area contributed by atoms with Gasteiger partial charge in [0.15, 0.2) is 0 Å². The summed E-state index contributed by atoms with van der Waals surface area (Å²) in [5, 5.41) is 0. The fourth-order valence-corrected chi connectivity index (χ4v) is 3.65. The second kappa shape index (κ2) is 4.28. The van der Waals surface area contributed by atoms with Crippen LogP contribution in [-0.4, -0.2) is 0 Å². The van der Waals surface area contributed by atoms with E-state index in [4.69, 9.17) is 0 Å². The van der Waals surface area contributed by atoms with Gasteiger partial charge in [-0.2, -0.15) is 0 Å². The molecule has 0 unspecified atom stereocenters. The van der Waals surface area contributed by atoms with E-state index in [1.54, 1.807) is 0 Å². The number of hydrogen-bond donors (Lipinski definition) is 0. The Morgan fingerprint density at radius 3 is 1.47 bits per heavy atom. The van der Waals surface area contributed by atoms with Gasteiger partial charge in [0.05, 0.1) is 0 Å². The van der Waals surface area contributed by atoms with Crippen LogP contribution in [0.5, 0.6) is 0 Å². The Balaban J connectivity index is 3.08. The van der Waals surface area contributed by atoms with Crippen LogP contribution in [0.3, 0.4) is 0 Å². The van der Waals surface area contributed by atoms with E-state index < -0.39 is 0 Å². The summed E-state index contributed by atoms with van der Waals surface area (Å²) in [6.45, 7) is 19.7. The third-order valence-corrected chi connectivity index (χ3v) is 6.90. The first-order valence-corrected chi connectivity index (χ1v) is 7.46. The maximum absolute atomic E-state index is 2.54. The lowest BCUT2D eigenvalue weighted by molar-refractivity contribution is -0.109. The molecule has 0 amide bonds. The summed E-state index contributed by atoms with van der Waals surface area (Å²) >= 11 is 0. The molecule has 0 N–H and O–H groups in total. The first-order valence-electron chi connectivity index (χ1n) is 7.46. The molecule has 0 heteroatoms. The predicted octanol–water partition coefficient (Wildman–Crippen LogP) is 6.06. The molecular weight excluding hydrogens is 204 g/mol. The average Bonchev–Trinajstić information content (AvgIpc) is 2.16. The first-order chi connectivity index (χ1) is 7.46. The van der Waals surface area contributed by atoms with Crippen LogP contribution >= 0.6 is 0 Å². The lowest BCUT2D eigenvalue weighted by Crippen LogP contribution is -2.52. The molecule has 0 aromatic heterocycles. The van der Waals surface area contributed by atoms with Crippen LogP contribution in [-0.2, 0) is 0 Å².